The summed E-state index contributed by atoms with van der Waals surface area (Å²) in [6, 6.07) is 7.64. The van der Waals surface area contributed by atoms with E-state index in [9.17, 15) is 4.79 Å². The molecule has 3 unspecified atom stereocenters. The van der Waals surface area contributed by atoms with Gasteiger partial charge in [0.2, 0.25) is 3.79 Å². The first kappa shape index (κ1) is 21.7. The molecule has 2 aliphatic heterocycles. The molecule has 1 aromatic carbocycles. The molecule has 1 N–H and O–H groups in total. The van der Waals surface area contributed by atoms with E-state index in [0.29, 0.717) is 28.6 Å². The topological polar surface area (TPSA) is 41.6 Å². The van der Waals surface area contributed by atoms with Crippen LogP contribution in [0.15, 0.2) is 28.7 Å². The lowest BCUT2D eigenvalue weighted by Crippen LogP contribution is -2.51. The smallest absolute Gasteiger partial charge is 0.254 e. The maximum Gasteiger partial charge on any atom is 0.254 e. The van der Waals surface area contributed by atoms with Crippen LogP contribution in [0.5, 0.6) is 0 Å². The van der Waals surface area contributed by atoms with E-state index in [1.807, 2.05) is 6.07 Å². The molecule has 0 bridgehead atoms. The molecular formula is C19H24BrCl3N2O2. The summed E-state index contributed by atoms with van der Waals surface area (Å²) in [6.45, 7) is 2.79. The van der Waals surface area contributed by atoms with Gasteiger partial charge in [-0.2, -0.15) is 0 Å². The van der Waals surface area contributed by atoms with E-state index in [1.54, 1.807) is 18.2 Å². The number of nitrogens with zero attached hydrogens (tertiary/aromatic N) is 1. The molecular weight excluding hydrogens is 474 g/mol. The highest BCUT2D eigenvalue weighted by atomic mass is 79.9. The summed E-state index contributed by atoms with van der Waals surface area (Å²) >= 11 is 21.7. The molecule has 0 saturated carbocycles. The third-order valence-electron chi connectivity index (χ3n) is 5.38. The minimum Gasteiger partial charge on any atom is -0.354 e. The van der Waals surface area contributed by atoms with Crippen molar-refractivity contribution < 1.29 is 9.53 Å². The van der Waals surface area contributed by atoms with Crippen molar-refractivity contribution in [1.82, 2.24) is 10.2 Å². The van der Waals surface area contributed by atoms with Gasteiger partial charge in [-0.15, -0.1) is 0 Å². The fourth-order valence-corrected chi connectivity index (χ4v) is 4.87. The Balaban J connectivity index is 1.63. The van der Waals surface area contributed by atoms with Crippen LogP contribution in [0.4, 0.5) is 0 Å². The van der Waals surface area contributed by atoms with Crippen molar-refractivity contribution in [3.63, 3.8) is 0 Å². The first-order valence-corrected chi connectivity index (χ1v) is 11.3. The largest absolute Gasteiger partial charge is 0.354 e. The Bertz CT molecular complexity index is 654. The standard InChI is InChI=1S/C19H24BrCl3N2O2/c20-15-8-2-1-7-14(15)17(26)24-18(19(21,22)23)27-12-13-6-5-11-25-10-4-3-9-16(13)25/h1-2,7-8,13,16,18H,3-6,9-12H2,(H,24,26). The van der Waals surface area contributed by atoms with Gasteiger partial charge in [0, 0.05) is 10.5 Å². The molecule has 4 nitrogen and oxygen atoms in total. The van der Waals surface area contributed by atoms with Crippen LogP contribution in [0.25, 0.3) is 0 Å². The number of hydrogen-bond donors (Lipinski definition) is 1. The summed E-state index contributed by atoms with van der Waals surface area (Å²) in [5.74, 6) is 0.0519. The number of rotatable bonds is 5. The van der Waals surface area contributed by atoms with Gasteiger partial charge in [-0.05, 0) is 72.8 Å². The van der Waals surface area contributed by atoms with E-state index in [2.05, 4.69) is 26.1 Å². The molecule has 0 aliphatic carbocycles. The normalized spacial score (nSPS) is 24.9. The van der Waals surface area contributed by atoms with Gasteiger partial charge < -0.3 is 15.0 Å². The van der Waals surface area contributed by atoms with Gasteiger partial charge in [0.1, 0.15) is 0 Å². The summed E-state index contributed by atoms with van der Waals surface area (Å²) < 4.78 is 4.88. The maximum atomic E-state index is 12.6. The highest BCUT2D eigenvalue weighted by Crippen LogP contribution is 2.34. The molecule has 0 aromatic heterocycles. The number of nitrogens with one attached hydrogen (secondary N) is 1. The number of carbonyl (C=O) groups is 1. The van der Waals surface area contributed by atoms with Gasteiger partial charge in [0.15, 0.2) is 6.23 Å². The van der Waals surface area contributed by atoms with Crippen molar-refractivity contribution in [2.24, 2.45) is 5.92 Å². The zero-order valence-corrected chi connectivity index (χ0v) is 18.8. The van der Waals surface area contributed by atoms with Crippen molar-refractivity contribution in [3.05, 3.63) is 34.3 Å². The Kier molecular flexibility index (Phi) is 7.73. The summed E-state index contributed by atoms with van der Waals surface area (Å²) in [6.07, 6.45) is 4.96. The maximum absolute atomic E-state index is 12.6. The van der Waals surface area contributed by atoms with E-state index >= 15 is 0 Å². The van der Waals surface area contributed by atoms with Crippen LogP contribution >= 0.6 is 50.7 Å². The number of alkyl halides is 3. The molecule has 8 heteroatoms. The van der Waals surface area contributed by atoms with E-state index in [4.69, 9.17) is 39.5 Å². The predicted molar refractivity (Wildman–Crippen MR) is 114 cm³/mol. The number of carbonyl (C=O) groups excluding carboxylic acids is 1. The molecule has 27 heavy (non-hydrogen) atoms. The summed E-state index contributed by atoms with van der Waals surface area (Å²) in [5, 5.41) is 2.73. The summed E-state index contributed by atoms with van der Waals surface area (Å²) in [5.41, 5.74) is 0.469. The van der Waals surface area contributed by atoms with Crippen molar-refractivity contribution >= 4 is 56.6 Å². The first-order chi connectivity index (χ1) is 12.9. The second-order valence-electron chi connectivity index (χ2n) is 7.21. The van der Waals surface area contributed by atoms with Gasteiger partial charge in [-0.1, -0.05) is 53.4 Å². The van der Waals surface area contributed by atoms with Gasteiger partial charge >= 0.3 is 0 Å². The molecule has 1 aromatic rings. The predicted octanol–water partition coefficient (Wildman–Crippen LogP) is 5.16. The van der Waals surface area contributed by atoms with Crippen LogP contribution in [-0.2, 0) is 4.74 Å². The average molecular weight is 499 g/mol. The van der Waals surface area contributed by atoms with Crippen LogP contribution in [-0.4, -0.2) is 46.6 Å². The first-order valence-electron chi connectivity index (χ1n) is 9.34. The fourth-order valence-electron chi connectivity index (χ4n) is 4.05. The molecule has 0 radical (unpaired) electrons. The van der Waals surface area contributed by atoms with Crippen molar-refractivity contribution in [2.45, 2.75) is 48.2 Å². The molecule has 2 saturated heterocycles. The lowest BCUT2D eigenvalue weighted by molar-refractivity contribution is -0.0325. The van der Waals surface area contributed by atoms with Crippen LogP contribution in [0.3, 0.4) is 0 Å². The van der Waals surface area contributed by atoms with E-state index in [0.717, 1.165) is 25.9 Å². The zero-order chi connectivity index (χ0) is 19.4. The van der Waals surface area contributed by atoms with Crippen LogP contribution in [0, 0.1) is 5.92 Å². The Morgan fingerprint density at radius 3 is 2.70 bits per heavy atom. The van der Waals surface area contributed by atoms with Gasteiger partial charge in [-0.3, -0.25) is 4.79 Å². The number of halogens is 4. The SMILES string of the molecule is O=C(NC(OCC1CCCN2CCCCC12)C(Cl)(Cl)Cl)c1ccccc1Br. The fraction of sp³-hybridized carbons (Fsp3) is 0.632. The number of piperidine rings is 2. The highest BCUT2D eigenvalue weighted by molar-refractivity contribution is 9.10. The number of fused-ring (bicyclic) bond motifs is 1. The van der Waals surface area contributed by atoms with E-state index < -0.39 is 10.0 Å². The second-order valence-corrected chi connectivity index (χ2v) is 10.4. The second kappa shape index (κ2) is 9.64. The van der Waals surface area contributed by atoms with Crippen LogP contribution in [0.2, 0.25) is 0 Å². The highest BCUT2D eigenvalue weighted by Gasteiger charge is 2.38. The molecule has 2 fully saturated rings. The number of ether oxygens (including phenoxy) is 1. The molecule has 2 heterocycles. The molecule has 150 valence electrons. The lowest BCUT2D eigenvalue weighted by Gasteiger charge is -2.44. The molecule has 3 atom stereocenters. The Hall–Kier alpha value is -0.0400. The lowest BCUT2D eigenvalue weighted by atomic mass is 9.84. The third-order valence-corrected chi connectivity index (χ3v) is 6.67. The van der Waals surface area contributed by atoms with E-state index in [-0.39, 0.29) is 5.91 Å². The molecule has 3 rings (SSSR count). The Labute approximate surface area is 184 Å². The summed E-state index contributed by atoms with van der Waals surface area (Å²) in [7, 11) is 0. The van der Waals surface area contributed by atoms with Gasteiger partial charge in [0.25, 0.3) is 5.91 Å². The van der Waals surface area contributed by atoms with Crippen LogP contribution < -0.4 is 5.32 Å². The van der Waals surface area contributed by atoms with Crippen molar-refractivity contribution in [2.75, 3.05) is 19.7 Å². The number of hydrogen-bond acceptors (Lipinski definition) is 3. The van der Waals surface area contributed by atoms with Crippen LogP contribution in [0.1, 0.15) is 42.5 Å². The summed E-state index contributed by atoms with van der Waals surface area (Å²) in [4.78, 5) is 15.2. The third kappa shape index (κ3) is 5.74. The van der Waals surface area contributed by atoms with Crippen molar-refractivity contribution in [3.8, 4) is 0 Å². The molecule has 2 aliphatic rings. The number of amides is 1. The Morgan fingerprint density at radius 1 is 1.22 bits per heavy atom. The van der Waals surface area contributed by atoms with Gasteiger partial charge in [0.05, 0.1) is 12.2 Å². The number of benzene rings is 1. The zero-order valence-electron chi connectivity index (χ0n) is 15.0. The molecule has 1 amide bonds. The minimum atomic E-state index is -1.75. The minimum absolute atomic E-state index is 0.346. The van der Waals surface area contributed by atoms with Crippen molar-refractivity contribution in [1.29, 1.82) is 0 Å². The van der Waals surface area contributed by atoms with Gasteiger partial charge in [-0.25, -0.2) is 0 Å². The molecule has 0 spiro atoms. The average Bonchev–Trinajstić information content (AvgIpc) is 2.64. The Morgan fingerprint density at radius 2 is 1.96 bits per heavy atom. The monoisotopic (exact) mass is 496 g/mol. The van der Waals surface area contributed by atoms with E-state index in [1.165, 1.54) is 19.3 Å². The quantitative estimate of drug-likeness (QED) is 0.451.